The number of furan rings is 1. The average molecular weight is 378 g/mol. The molecule has 4 aromatic rings. The third-order valence-electron chi connectivity index (χ3n) is 5.09. The fourth-order valence-electron chi connectivity index (χ4n) is 3.78. The standard InChI is InChI=1S/C20H22N6O2/c1-20(2)12-25(9-8-23-20)19-13-10-16(28-15(13)6-7-21-19)14-11-22-17-4-5-18(27-3)24-26(14)17/h4-7,10-11,23H,8-9,12H2,1-3H3. The van der Waals surface area contributed by atoms with Crippen LogP contribution in [0.1, 0.15) is 13.8 Å². The number of ether oxygens (including phenoxy) is 1. The summed E-state index contributed by atoms with van der Waals surface area (Å²) in [4.78, 5) is 11.4. The summed E-state index contributed by atoms with van der Waals surface area (Å²) in [5.41, 5.74) is 2.35. The molecule has 8 nitrogen and oxygen atoms in total. The lowest BCUT2D eigenvalue weighted by atomic mass is 10.0. The Morgan fingerprint density at radius 1 is 1.21 bits per heavy atom. The van der Waals surface area contributed by atoms with E-state index in [0.717, 1.165) is 47.8 Å². The van der Waals surface area contributed by atoms with Crippen molar-refractivity contribution >= 4 is 22.4 Å². The molecule has 1 saturated heterocycles. The fraction of sp³-hybridized carbons (Fsp3) is 0.350. The zero-order chi connectivity index (χ0) is 19.3. The van der Waals surface area contributed by atoms with Gasteiger partial charge in [0.15, 0.2) is 11.4 Å². The van der Waals surface area contributed by atoms with Crippen molar-refractivity contribution in [3.8, 4) is 17.3 Å². The lowest BCUT2D eigenvalue weighted by molar-refractivity contribution is 0.352. The van der Waals surface area contributed by atoms with E-state index >= 15 is 0 Å². The second kappa shape index (κ2) is 6.20. The van der Waals surface area contributed by atoms with E-state index in [0.29, 0.717) is 11.6 Å². The Hall–Kier alpha value is -3.13. The monoisotopic (exact) mass is 378 g/mol. The van der Waals surface area contributed by atoms with Crippen LogP contribution in [0.3, 0.4) is 0 Å². The number of hydrogen-bond donors (Lipinski definition) is 1. The predicted molar refractivity (Wildman–Crippen MR) is 107 cm³/mol. The van der Waals surface area contributed by atoms with Gasteiger partial charge in [0.1, 0.15) is 17.1 Å². The Balaban J connectivity index is 1.61. The number of hydrogen-bond acceptors (Lipinski definition) is 7. The Morgan fingerprint density at radius 2 is 2.11 bits per heavy atom. The molecule has 0 spiro atoms. The molecule has 1 aliphatic heterocycles. The highest BCUT2D eigenvalue weighted by Gasteiger charge is 2.28. The average Bonchev–Trinajstić information content (AvgIpc) is 3.29. The molecule has 1 N–H and O–H groups in total. The molecule has 144 valence electrons. The van der Waals surface area contributed by atoms with Crippen LogP contribution in [0.2, 0.25) is 0 Å². The number of imidazole rings is 1. The van der Waals surface area contributed by atoms with E-state index in [1.807, 2.05) is 18.2 Å². The number of nitrogens with one attached hydrogen (secondary N) is 1. The maximum Gasteiger partial charge on any atom is 0.231 e. The molecule has 4 aromatic heterocycles. The van der Waals surface area contributed by atoms with Gasteiger partial charge in [-0.25, -0.2) is 14.5 Å². The second-order valence-electron chi connectivity index (χ2n) is 7.68. The van der Waals surface area contributed by atoms with Gasteiger partial charge in [-0.05, 0) is 32.0 Å². The lowest BCUT2D eigenvalue weighted by Gasteiger charge is -2.39. The van der Waals surface area contributed by atoms with Crippen LogP contribution in [-0.4, -0.2) is 51.9 Å². The molecule has 0 aromatic carbocycles. The molecule has 0 bridgehead atoms. The number of pyridine rings is 1. The first kappa shape index (κ1) is 17.0. The normalized spacial score (nSPS) is 16.8. The van der Waals surface area contributed by atoms with E-state index in [2.05, 4.69) is 39.1 Å². The number of rotatable bonds is 3. The van der Waals surface area contributed by atoms with E-state index in [1.165, 1.54) is 0 Å². The van der Waals surface area contributed by atoms with Gasteiger partial charge in [0.25, 0.3) is 0 Å². The molecule has 28 heavy (non-hydrogen) atoms. The summed E-state index contributed by atoms with van der Waals surface area (Å²) in [6.45, 7) is 7.13. The fourth-order valence-corrected chi connectivity index (χ4v) is 3.78. The third-order valence-corrected chi connectivity index (χ3v) is 5.09. The first-order valence-corrected chi connectivity index (χ1v) is 9.32. The van der Waals surface area contributed by atoms with Crippen molar-refractivity contribution in [3.63, 3.8) is 0 Å². The van der Waals surface area contributed by atoms with Crippen LogP contribution in [0.5, 0.6) is 5.88 Å². The number of piperazine rings is 1. The quantitative estimate of drug-likeness (QED) is 0.587. The van der Waals surface area contributed by atoms with Crippen LogP contribution in [0.15, 0.2) is 41.1 Å². The summed E-state index contributed by atoms with van der Waals surface area (Å²) in [6, 6.07) is 7.58. The van der Waals surface area contributed by atoms with Crippen molar-refractivity contribution in [2.45, 2.75) is 19.4 Å². The maximum absolute atomic E-state index is 6.15. The first-order chi connectivity index (χ1) is 13.5. The van der Waals surface area contributed by atoms with E-state index in [4.69, 9.17) is 9.15 Å². The van der Waals surface area contributed by atoms with E-state index in [-0.39, 0.29) is 5.54 Å². The van der Waals surface area contributed by atoms with Crippen LogP contribution in [0.4, 0.5) is 5.82 Å². The molecule has 1 aliphatic rings. The summed E-state index contributed by atoms with van der Waals surface area (Å²) in [5.74, 6) is 2.17. The number of fused-ring (bicyclic) bond motifs is 2. The van der Waals surface area contributed by atoms with Crippen molar-refractivity contribution in [1.29, 1.82) is 0 Å². The third kappa shape index (κ3) is 2.77. The Bertz CT molecular complexity index is 1160. The van der Waals surface area contributed by atoms with Gasteiger partial charge >= 0.3 is 0 Å². The maximum atomic E-state index is 6.15. The number of aromatic nitrogens is 4. The number of methoxy groups -OCH3 is 1. The van der Waals surface area contributed by atoms with Crippen LogP contribution < -0.4 is 15.0 Å². The second-order valence-corrected chi connectivity index (χ2v) is 7.68. The molecule has 0 radical (unpaired) electrons. The van der Waals surface area contributed by atoms with Gasteiger partial charge in [-0.15, -0.1) is 5.10 Å². The van der Waals surface area contributed by atoms with Gasteiger partial charge in [-0.2, -0.15) is 0 Å². The summed E-state index contributed by atoms with van der Waals surface area (Å²) in [7, 11) is 1.60. The van der Waals surface area contributed by atoms with Gasteiger partial charge in [-0.3, -0.25) is 0 Å². The largest absolute Gasteiger partial charge is 0.480 e. The summed E-state index contributed by atoms with van der Waals surface area (Å²) < 4.78 is 13.1. The van der Waals surface area contributed by atoms with Crippen molar-refractivity contribution < 1.29 is 9.15 Å². The van der Waals surface area contributed by atoms with Gasteiger partial charge in [0.05, 0.1) is 18.7 Å². The molecule has 0 unspecified atom stereocenters. The Morgan fingerprint density at radius 3 is 2.93 bits per heavy atom. The molecule has 5 rings (SSSR count). The molecule has 0 amide bonds. The molecular weight excluding hydrogens is 356 g/mol. The lowest BCUT2D eigenvalue weighted by Crippen LogP contribution is -2.57. The van der Waals surface area contributed by atoms with Crippen molar-refractivity contribution in [2.75, 3.05) is 31.6 Å². The minimum absolute atomic E-state index is 0.0385. The summed E-state index contributed by atoms with van der Waals surface area (Å²) in [6.07, 6.45) is 3.57. The number of nitrogens with zero attached hydrogens (tertiary/aromatic N) is 5. The van der Waals surface area contributed by atoms with Gasteiger partial charge < -0.3 is 19.4 Å². The molecule has 5 heterocycles. The summed E-state index contributed by atoms with van der Waals surface area (Å²) >= 11 is 0. The zero-order valence-corrected chi connectivity index (χ0v) is 16.1. The van der Waals surface area contributed by atoms with Crippen molar-refractivity contribution in [3.05, 3.63) is 36.7 Å². The van der Waals surface area contributed by atoms with Crippen LogP contribution >= 0.6 is 0 Å². The topological polar surface area (TPSA) is 80.7 Å². The van der Waals surface area contributed by atoms with Crippen molar-refractivity contribution in [1.82, 2.24) is 24.9 Å². The van der Waals surface area contributed by atoms with Gasteiger partial charge in [-0.1, -0.05) is 0 Å². The van der Waals surface area contributed by atoms with Crippen LogP contribution in [0.25, 0.3) is 28.1 Å². The Kier molecular flexibility index (Phi) is 3.77. The highest BCUT2D eigenvalue weighted by molar-refractivity contribution is 5.92. The van der Waals surface area contributed by atoms with Crippen LogP contribution in [0, 0.1) is 0 Å². The number of anilines is 1. The summed E-state index contributed by atoms with van der Waals surface area (Å²) in [5, 5.41) is 9.00. The first-order valence-electron chi connectivity index (χ1n) is 9.32. The molecule has 0 saturated carbocycles. The van der Waals surface area contributed by atoms with Gasteiger partial charge in [0, 0.05) is 37.4 Å². The molecule has 0 atom stereocenters. The molecule has 1 fully saturated rings. The predicted octanol–water partition coefficient (Wildman–Crippen LogP) is 2.73. The molecule has 0 aliphatic carbocycles. The SMILES string of the molecule is COc1ccc2ncc(-c3cc4c(N5CCNC(C)(C)C5)nccc4o3)n2n1. The molecule has 8 heteroatoms. The highest BCUT2D eigenvalue weighted by atomic mass is 16.5. The Labute approximate surface area is 162 Å². The van der Waals surface area contributed by atoms with E-state index in [1.54, 1.807) is 30.1 Å². The smallest absolute Gasteiger partial charge is 0.231 e. The van der Waals surface area contributed by atoms with Gasteiger partial charge in [0.2, 0.25) is 5.88 Å². The minimum atomic E-state index is 0.0385. The minimum Gasteiger partial charge on any atom is -0.480 e. The van der Waals surface area contributed by atoms with Crippen molar-refractivity contribution in [2.24, 2.45) is 0 Å². The highest BCUT2D eigenvalue weighted by Crippen LogP contribution is 2.33. The zero-order valence-electron chi connectivity index (χ0n) is 16.1. The molecular formula is C20H22N6O2. The van der Waals surface area contributed by atoms with E-state index < -0.39 is 0 Å². The van der Waals surface area contributed by atoms with Crippen LogP contribution in [-0.2, 0) is 0 Å². The van der Waals surface area contributed by atoms with E-state index in [9.17, 15) is 0 Å².